The van der Waals surface area contributed by atoms with Crippen LogP contribution in [0, 0.1) is 0 Å². The third-order valence-electron chi connectivity index (χ3n) is 5.97. The quantitative estimate of drug-likeness (QED) is 0.772. The van der Waals surface area contributed by atoms with E-state index in [4.69, 9.17) is 0 Å². The summed E-state index contributed by atoms with van der Waals surface area (Å²) in [6.07, 6.45) is 12.8. The van der Waals surface area contributed by atoms with E-state index in [-0.39, 0.29) is 23.5 Å². The molecule has 1 unspecified atom stereocenters. The second-order valence-corrected chi connectivity index (χ2v) is 7.86. The average molecular weight is 397 g/mol. The van der Waals surface area contributed by atoms with E-state index in [0.717, 1.165) is 63.5 Å². The second kappa shape index (κ2) is 8.63. The fourth-order valence-electron chi connectivity index (χ4n) is 4.44. The topological polar surface area (TPSA) is 104 Å². The van der Waals surface area contributed by atoms with Crippen LogP contribution in [0.3, 0.4) is 0 Å². The number of H-pyrrole nitrogens is 1. The Morgan fingerprint density at radius 1 is 1.14 bits per heavy atom. The molecule has 0 aromatic carbocycles. The van der Waals surface area contributed by atoms with Gasteiger partial charge in [-0.05, 0) is 43.7 Å². The standard InChI is InChI=1S/C21H27N5O3/c27-19-17(20(28)26(21(29)24-19)16-8-2-1-3-9-16)14-23-25-12-5-4-10-18(25)15-7-6-11-22-13-15/h6-7,11,13-14,16,18,28H,1-5,8-10,12H2,(H,24,27,29). The van der Waals surface area contributed by atoms with Gasteiger partial charge in [-0.2, -0.15) is 5.10 Å². The van der Waals surface area contributed by atoms with Crippen LogP contribution in [-0.4, -0.2) is 37.4 Å². The van der Waals surface area contributed by atoms with Crippen molar-refractivity contribution in [2.45, 2.75) is 63.5 Å². The molecule has 2 aliphatic rings. The van der Waals surface area contributed by atoms with E-state index in [1.807, 2.05) is 23.3 Å². The minimum absolute atomic E-state index is 0.0330. The van der Waals surface area contributed by atoms with Gasteiger partial charge in [-0.15, -0.1) is 0 Å². The summed E-state index contributed by atoms with van der Waals surface area (Å²) >= 11 is 0. The summed E-state index contributed by atoms with van der Waals surface area (Å²) in [5, 5.41) is 17.2. The fourth-order valence-corrected chi connectivity index (χ4v) is 4.44. The number of hydrazone groups is 1. The van der Waals surface area contributed by atoms with Crippen molar-refractivity contribution in [2.24, 2.45) is 5.10 Å². The first-order chi connectivity index (χ1) is 14.1. The molecule has 2 fully saturated rings. The van der Waals surface area contributed by atoms with Gasteiger partial charge in [-0.1, -0.05) is 25.3 Å². The molecule has 1 saturated heterocycles. The maximum atomic E-state index is 12.4. The summed E-state index contributed by atoms with van der Waals surface area (Å²) in [4.78, 5) is 31.3. The van der Waals surface area contributed by atoms with Gasteiger partial charge in [0.05, 0.1) is 12.3 Å². The molecule has 1 aliphatic heterocycles. The van der Waals surface area contributed by atoms with Crippen LogP contribution >= 0.6 is 0 Å². The predicted molar refractivity (Wildman–Crippen MR) is 110 cm³/mol. The average Bonchev–Trinajstić information content (AvgIpc) is 2.75. The summed E-state index contributed by atoms with van der Waals surface area (Å²) in [7, 11) is 0. The molecule has 29 heavy (non-hydrogen) atoms. The van der Waals surface area contributed by atoms with Gasteiger partial charge in [0.15, 0.2) is 0 Å². The highest BCUT2D eigenvalue weighted by molar-refractivity contribution is 5.81. The van der Waals surface area contributed by atoms with E-state index in [1.54, 1.807) is 6.20 Å². The number of aromatic amines is 1. The van der Waals surface area contributed by atoms with Crippen LogP contribution in [0.2, 0.25) is 0 Å². The van der Waals surface area contributed by atoms with Crippen LogP contribution < -0.4 is 11.2 Å². The molecular formula is C21H27N5O3. The first-order valence-corrected chi connectivity index (χ1v) is 10.4. The van der Waals surface area contributed by atoms with Gasteiger partial charge in [-0.25, -0.2) is 4.79 Å². The molecule has 154 valence electrons. The van der Waals surface area contributed by atoms with Gasteiger partial charge in [0.1, 0.15) is 5.56 Å². The van der Waals surface area contributed by atoms with Crippen LogP contribution in [0.25, 0.3) is 0 Å². The highest BCUT2D eigenvalue weighted by atomic mass is 16.3. The number of aromatic nitrogens is 3. The van der Waals surface area contributed by atoms with Crippen molar-refractivity contribution in [3.63, 3.8) is 0 Å². The lowest BCUT2D eigenvalue weighted by Gasteiger charge is -2.33. The molecule has 2 aromatic heterocycles. The number of rotatable bonds is 4. The molecule has 2 aromatic rings. The number of piperidine rings is 1. The van der Waals surface area contributed by atoms with Crippen LogP contribution in [0.4, 0.5) is 0 Å². The van der Waals surface area contributed by atoms with Crippen LogP contribution in [0.1, 0.15) is 74.6 Å². The Morgan fingerprint density at radius 2 is 1.93 bits per heavy atom. The zero-order chi connectivity index (χ0) is 20.2. The maximum absolute atomic E-state index is 12.4. The summed E-state index contributed by atoms with van der Waals surface area (Å²) in [6, 6.07) is 3.93. The second-order valence-electron chi connectivity index (χ2n) is 7.86. The molecule has 8 nitrogen and oxygen atoms in total. The molecule has 1 saturated carbocycles. The predicted octanol–water partition coefficient (Wildman–Crippen LogP) is 2.70. The third-order valence-corrected chi connectivity index (χ3v) is 5.97. The minimum atomic E-state index is -0.613. The van der Waals surface area contributed by atoms with Crippen LogP contribution in [-0.2, 0) is 0 Å². The number of nitrogens with one attached hydrogen (secondary N) is 1. The van der Waals surface area contributed by atoms with Crippen molar-refractivity contribution in [1.82, 2.24) is 19.5 Å². The van der Waals surface area contributed by atoms with Crippen molar-refractivity contribution in [3.05, 3.63) is 56.5 Å². The molecule has 0 amide bonds. The van der Waals surface area contributed by atoms with Crippen LogP contribution in [0.15, 0.2) is 39.2 Å². The van der Waals surface area contributed by atoms with Gasteiger partial charge < -0.3 is 5.11 Å². The van der Waals surface area contributed by atoms with E-state index in [9.17, 15) is 14.7 Å². The SMILES string of the molecule is O=c1[nH]c(=O)n(C2CCCCC2)c(O)c1C=NN1CCCCC1c1cccnc1. The number of aromatic hydroxyl groups is 1. The molecule has 1 aliphatic carbocycles. The molecule has 3 heterocycles. The van der Waals surface area contributed by atoms with Crippen molar-refractivity contribution in [1.29, 1.82) is 0 Å². The molecule has 1 atom stereocenters. The zero-order valence-corrected chi connectivity index (χ0v) is 16.5. The van der Waals surface area contributed by atoms with Gasteiger partial charge >= 0.3 is 5.69 Å². The summed E-state index contributed by atoms with van der Waals surface area (Å²) in [6.45, 7) is 0.761. The Labute approximate surface area is 168 Å². The maximum Gasteiger partial charge on any atom is 0.331 e. The van der Waals surface area contributed by atoms with Gasteiger partial charge in [-0.3, -0.25) is 24.3 Å². The molecule has 0 radical (unpaired) electrons. The van der Waals surface area contributed by atoms with E-state index in [2.05, 4.69) is 15.1 Å². The largest absolute Gasteiger partial charge is 0.494 e. The number of hydrogen-bond donors (Lipinski definition) is 2. The first-order valence-electron chi connectivity index (χ1n) is 10.4. The zero-order valence-electron chi connectivity index (χ0n) is 16.5. The van der Waals surface area contributed by atoms with Crippen molar-refractivity contribution in [2.75, 3.05) is 6.54 Å². The smallest absolute Gasteiger partial charge is 0.331 e. The molecule has 8 heteroatoms. The Hall–Kier alpha value is -2.90. The lowest BCUT2D eigenvalue weighted by molar-refractivity contribution is 0.156. The van der Waals surface area contributed by atoms with Gasteiger partial charge in [0, 0.05) is 25.0 Å². The number of hydrogen-bond acceptors (Lipinski definition) is 6. The Bertz CT molecular complexity index is 976. The van der Waals surface area contributed by atoms with Gasteiger partial charge in [0.2, 0.25) is 5.88 Å². The lowest BCUT2D eigenvalue weighted by Crippen LogP contribution is -2.35. The summed E-state index contributed by atoms with van der Waals surface area (Å²) in [5.74, 6) is -0.288. The number of pyridine rings is 1. The first kappa shape index (κ1) is 19.4. The third kappa shape index (κ3) is 4.11. The highest BCUT2D eigenvalue weighted by Crippen LogP contribution is 2.31. The van der Waals surface area contributed by atoms with Crippen molar-refractivity contribution >= 4 is 6.21 Å². The van der Waals surface area contributed by atoms with E-state index in [1.165, 1.54) is 10.8 Å². The molecule has 4 rings (SSSR count). The van der Waals surface area contributed by atoms with E-state index >= 15 is 0 Å². The van der Waals surface area contributed by atoms with E-state index < -0.39 is 11.2 Å². The molecular weight excluding hydrogens is 370 g/mol. The molecule has 0 bridgehead atoms. The monoisotopic (exact) mass is 397 g/mol. The van der Waals surface area contributed by atoms with Crippen LogP contribution in [0.5, 0.6) is 5.88 Å². The Morgan fingerprint density at radius 3 is 2.69 bits per heavy atom. The molecule has 2 N–H and O–H groups in total. The highest BCUT2D eigenvalue weighted by Gasteiger charge is 2.25. The summed E-state index contributed by atoms with van der Waals surface area (Å²) < 4.78 is 1.33. The van der Waals surface area contributed by atoms with E-state index in [0.29, 0.717) is 0 Å². The normalized spacial score (nSPS) is 21.0. The Balaban J connectivity index is 1.65. The lowest BCUT2D eigenvalue weighted by atomic mass is 9.95. The van der Waals surface area contributed by atoms with Crippen molar-refractivity contribution in [3.8, 4) is 5.88 Å². The summed E-state index contributed by atoms with van der Waals surface area (Å²) in [5.41, 5.74) is -0.0543. The Kier molecular flexibility index (Phi) is 5.78. The van der Waals surface area contributed by atoms with Gasteiger partial charge in [0.25, 0.3) is 5.56 Å². The minimum Gasteiger partial charge on any atom is -0.494 e. The van der Waals surface area contributed by atoms with Crippen molar-refractivity contribution < 1.29 is 5.11 Å². The number of nitrogens with zero attached hydrogens (tertiary/aromatic N) is 4. The fraction of sp³-hybridized carbons (Fsp3) is 0.524. The molecule has 0 spiro atoms.